The number of primary amides is 1. The SMILES string of the molecule is Cc1cc(C)c(C(C)NCC(O)C(N)=O)c(C)c1. The number of nitrogens with two attached hydrogens (primary N) is 1. The van der Waals surface area contributed by atoms with Crippen LogP contribution in [-0.4, -0.2) is 23.7 Å². The maximum absolute atomic E-state index is 10.8. The molecule has 4 nitrogen and oxygen atoms in total. The number of carbonyl (C=O) groups excluding carboxylic acids is 1. The van der Waals surface area contributed by atoms with Crippen molar-refractivity contribution in [2.75, 3.05) is 6.54 Å². The van der Waals surface area contributed by atoms with Crippen LogP contribution < -0.4 is 11.1 Å². The van der Waals surface area contributed by atoms with Crippen LogP contribution in [0.5, 0.6) is 0 Å². The molecule has 1 amide bonds. The molecule has 0 heterocycles. The molecule has 1 aromatic rings. The Labute approximate surface area is 108 Å². The van der Waals surface area contributed by atoms with Gasteiger partial charge in [-0.1, -0.05) is 17.7 Å². The van der Waals surface area contributed by atoms with E-state index in [2.05, 4.69) is 38.2 Å². The number of nitrogens with one attached hydrogen (secondary N) is 1. The van der Waals surface area contributed by atoms with Crippen LogP contribution in [0.15, 0.2) is 12.1 Å². The van der Waals surface area contributed by atoms with Crippen molar-refractivity contribution in [2.24, 2.45) is 5.73 Å². The van der Waals surface area contributed by atoms with Gasteiger partial charge in [0.15, 0.2) is 0 Å². The highest BCUT2D eigenvalue weighted by molar-refractivity contribution is 5.78. The Balaban J connectivity index is 2.79. The zero-order valence-corrected chi connectivity index (χ0v) is 11.4. The van der Waals surface area contributed by atoms with Crippen LogP contribution in [0.2, 0.25) is 0 Å². The summed E-state index contributed by atoms with van der Waals surface area (Å²) in [5.41, 5.74) is 9.87. The lowest BCUT2D eigenvalue weighted by Crippen LogP contribution is -2.38. The molecule has 0 saturated heterocycles. The minimum atomic E-state index is -1.14. The van der Waals surface area contributed by atoms with Gasteiger partial charge in [0.05, 0.1) is 0 Å². The third-order valence-electron chi connectivity index (χ3n) is 3.12. The largest absolute Gasteiger partial charge is 0.382 e. The fourth-order valence-corrected chi connectivity index (χ4v) is 2.37. The summed E-state index contributed by atoms with van der Waals surface area (Å²) >= 11 is 0. The number of carbonyl (C=O) groups is 1. The molecule has 1 aromatic carbocycles. The van der Waals surface area contributed by atoms with E-state index in [0.29, 0.717) is 0 Å². The zero-order chi connectivity index (χ0) is 13.9. The normalized spacial score (nSPS) is 14.3. The second-order valence-electron chi connectivity index (χ2n) is 4.86. The minimum Gasteiger partial charge on any atom is -0.382 e. The van der Waals surface area contributed by atoms with Crippen LogP contribution in [0.25, 0.3) is 0 Å². The van der Waals surface area contributed by atoms with E-state index < -0.39 is 12.0 Å². The molecule has 0 aliphatic carbocycles. The average Bonchev–Trinajstić information content (AvgIpc) is 2.24. The fourth-order valence-electron chi connectivity index (χ4n) is 2.37. The molecule has 0 aromatic heterocycles. The van der Waals surface area contributed by atoms with Gasteiger partial charge in [-0.15, -0.1) is 0 Å². The Morgan fingerprint density at radius 2 is 1.83 bits per heavy atom. The highest BCUT2D eigenvalue weighted by Gasteiger charge is 2.15. The molecule has 0 saturated carbocycles. The molecule has 0 aliphatic rings. The van der Waals surface area contributed by atoms with Crippen LogP contribution in [0.3, 0.4) is 0 Å². The fraction of sp³-hybridized carbons (Fsp3) is 0.500. The molecular formula is C14H22N2O2. The van der Waals surface area contributed by atoms with Crippen molar-refractivity contribution < 1.29 is 9.90 Å². The van der Waals surface area contributed by atoms with E-state index in [1.54, 1.807) is 0 Å². The monoisotopic (exact) mass is 250 g/mol. The van der Waals surface area contributed by atoms with E-state index in [0.717, 1.165) is 0 Å². The number of aryl methyl sites for hydroxylation is 3. The molecule has 18 heavy (non-hydrogen) atoms. The first-order valence-electron chi connectivity index (χ1n) is 6.11. The second kappa shape index (κ2) is 5.98. The second-order valence-corrected chi connectivity index (χ2v) is 4.86. The third-order valence-corrected chi connectivity index (χ3v) is 3.12. The summed E-state index contributed by atoms with van der Waals surface area (Å²) in [6, 6.07) is 4.33. The van der Waals surface area contributed by atoms with Crippen molar-refractivity contribution in [2.45, 2.75) is 39.8 Å². The molecule has 0 bridgehead atoms. The lowest BCUT2D eigenvalue weighted by molar-refractivity contribution is -0.125. The third kappa shape index (κ3) is 3.55. The van der Waals surface area contributed by atoms with E-state index in [1.165, 1.54) is 22.3 Å². The van der Waals surface area contributed by atoms with Crippen molar-refractivity contribution in [3.63, 3.8) is 0 Å². The zero-order valence-electron chi connectivity index (χ0n) is 11.4. The average molecular weight is 250 g/mol. The van der Waals surface area contributed by atoms with Gasteiger partial charge in [0.1, 0.15) is 6.10 Å². The molecule has 1 rings (SSSR count). The van der Waals surface area contributed by atoms with Gasteiger partial charge in [-0.3, -0.25) is 4.79 Å². The summed E-state index contributed by atoms with van der Waals surface area (Å²) < 4.78 is 0. The maximum atomic E-state index is 10.8. The van der Waals surface area contributed by atoms with Crippen LogP contribution in [0.4, 0.5) is 0 Å². The van der Waals surface area contributed by atoms with Gasteiger partial charge in [-0.2, -0.15) is 0 Å². The van der Waals surface area contributed by atoms with Gasteiger partial charge in [0.2, 0.25) is 5.91 Å². The molecule has 2 atom stereocenters. The first kappa shape index (κ1) is 14.7. The highest BCUT2D eigenvalue weighted by atomic mass is 16.3. The number of amides is 1. The molecule has 4 heteroatoms. The van der Waals surface area contributed by atoms with Crippen molar-refractivity contribution >= 4 is 5.91 Å². The van der Waals surface area contributed by atoms with Gasteiger partial charge in [0, 0.05) is 12.6 Å². The van der Waals surface area contributed by atoms with Gasteiger partial charge < -0.3 is 16.2 Å². The van der Waals surface area contributed by atoms with E-state index in [1.807, 2.05) is 6.92 Å². The van der Waals surface area contributed by atoms with Crippen molar-refractivity contribution in [3.05, 3.63) is 34.4 Å². The van der Waals surface area contributed by atoms with Crippen LogP contribution in [0.1, 0.15) is 35.2 Å². The van der Waals surface area contributed by atoms with Crippen LogP contribution in [-0.2, 0) is 4.79 Å². The molecule has 0 fully saturated rings. The lowest BCUT2D eigenvalue weighted by Gasteiger charge is -2.20. The topological polar surface area (TPSA) is 75.3 Å². The number of hydrogen-bond donors (Lipinski definition) is 3. The van der Waals surface area contributed by atoms with Crippen molar-refractivity contribution in [1.82, 2.24) is 5.32 Å². The minimum absolute atomic E-state index is 0.0691. The Hall–Kier alpha value is -1.39. The number of rotatable bonds is 5. The van der Waals surface area contributed by atoms with E-state index in [9.17, 15) is 9.90 Å². The Kier molecular flexibility index (Phi) is 4.87. The predicted molar refractivity (Wildman–Crippen MR) is 72.3 cm³/mol. The maximum Gasteiger partial charge on any atom is 0.247 e. The quantitative estimate of drug-likeness (QED) is 0.732. The van der Waals surface area contributed by atoms with Gasteiger partial charge in [0.25, 0.3) is 0 Å². The Morgan fingerprint density at radius 3 is 2.28 bits per heavy atom. The van der Waals surface area contributed by atoms with Gasteiger partial charge in [-0.05, 0) is 44.4 Å². The van der Waals surface area contributed by atoms with Gasteiger partial charge >= 0.3 is 0 Å². The summed E-state index contributed by atoms with van der Waals surface area (Å²) in [6.45, 7) is 8.39. The smallest absolute Gasteiger partial charge is 0.247 e. The van der Waals surface area contributed by atoms with Crippen LogP contribution in [0, 0.1) is 20.8 Å². The summed E-state index contributed by atoms with van der Waals surface area (Å²) in [5.74, 6) is -0.702. The Morgan fingerprint density at radius 1 is 1.33 bits per heavy atom. The number of benzene rings is 1. The van der Waals surface area contributed by atoms with Gasteiger partial charge in [-0.25, -0.2) is 0 Å². The first-order chi connectivity index (χ1) is 8.32. The molecule has 2 unspecified atom stereocenters. The van der Waals surface area contributed by atoms with Crippen molar-refractivity contribution in [1.29, 1.82) is 0 Å². The lowest BCUT2D eigenvalue weighted by atomic mass is 9.95. The van der Waals surface area contributed by atoms with E-state index >= 15 is 0 Å². The summed E-state index contributed by atoms with van der Waals surface area (Å²) in [4.78, 5) is 10.8. The van der Waals surface area contributed by atoms with E-state index in [-0.39, 0.29) is 12.6 Å². The first-order valence-corrected chi connectivity index (χ1v) is 6.11. The summed E-state index contributed by atoms with van der Waals surface area (Å²) in [6.07, 6.45) is -1.14. The Bertz CT molecular complexity index is 420. The summed E-state index contributed by atoms with van der Waals surface area (Å²) in [5, 5.41) is 12.5. The number of aliphatic hydroxyl groups excluding tert-OH is 1. The molecule has 0 spiro atoms. The standard InChI is InChI=1S/C14H22N2O2/c1-8-5-9(2)13(10(3)6-8)11(4)16-7-12(17)14(15)18/h5-6,11-12,16-17H,7H2,1-4H3,(H2,15,18). The van der Waals surface area contributed by atoms with E-state index in [4.69, 9.17) is 5.73 Å². The van der Waals surface area contributed by atoms with Crippen LogP contribution >= 0.6 is 0 Å². The molecule has 4 N–H and O–H groups in total. The molecule has 100 valence electrons. The predicted octanol–water partition coefficient (Wildman–Crippen LogP) is 1.11. The summed E-state index contributed by atoms with van der Waals surface area (Å²) in [7, 11) is 0. The molecule has 0 radical (unpaired) electrons. The van der Waals surface area contributed by atoms with Crippen molar-refractivity contribution in [3.8, 4) is 0 Å². The molecular weight excluding hydrogens is 228 g/mol. The highest BCUT2D eigenvalue weighted by Crippen LogP contribution is 2.23. The number of hydrogen-bond acceptors (Lipinski definition) is 3. The molecule has 0 aliphatic heterocycles. The number of aliphatic hydroxyl groups is 1.